The molecule has 0 saturated heterocycles. The first-order chi connectivity index (χ1) is 5.89. The summed E-state index contributed by atoms with van der Waals surface area (Å²) in [5.41, 5.74) is -0.618. The Morgan fingerprint density at radius 1 is 1.62 bits per heavy atom. The van der Waals surface area contributed by atoms with Gasteiger partial charge in [0.25, 0.3) is 0 Å². The van der Waals surface area contributed by atoms with Crippen LogP contribution in [0.25, 0.3) is 0 Å². The van der Waals surface area contributed by atoms with Gasteiger partial charge in [0, 0.05) is 0 Å². The van der Waals surface area contributed by atoms with E-state index in [9.17, 15) is 9.59 Å². The van der Waals surface area contributed by atoms with Crippen molar-refractivity contribution in [1.82, 2.24) is 5.32 Å². The summed E-state index contributed by atoms with van der Waals surface area (Å²) in [5.74, 6) is 0. The van der Waals surface area contributed by atoms with Crippen LogP contribution in [0.2, 0.25) is 0 Å². The molecule has 0 unspecified atom stereocenters. The van der Waals surface area contributed by atoms with E-state index in [-0.39, 0.29) is 0 Å². The highest BCUT2D eigenvalue weighted by Crippen LogP contribution is 2.06. The molecule has 5 heteroatoms. The van der Waals surface area contributed by atoms with Crippen LogP contribution < -0.4 is 5.32 Å². The Morgan fingerprint density at radius 3 is 2.46 bits per heavy atom. The summed E-state index contributed by atoms with van der Waals surface area (Å²) in [4.78, 5) is 21.0. The molecule has 5 nitrogen and oxygen atoms in total. The standard InChI is InChI=1S/C8H14NO4/c1-8(2,3)13-7(12)9-6(4-10)5-11/h6,10H,4H2,1-3H3,(H,9,12)/t6-/m0/s1. The van der Waals surface area contributed by atoms with Crippen molar-refractivity contribution in [1.29, 1.82) is 0 Å². The molecule has 0 aromatic heterocycles. The van der Waals surface area contributed by atoms with Crippen LogP contribution in [0.3, 0.4) is 0 Å². The summed E-state index contributed by atoms with van der Waals surface area (Å²) < 4.78 is 4.83. The quantitative estimate of drug-likeness (QED) is 0.652. The van der Waals surface area contributed by atoms with Crippen molar-refractivity contribution in [3.05, 3.63) is 0 Å². The van der Waals surface area contributed by atoms with E-state index in [0.717, 1.165) is 0 Å². The van der Waals surface area contributed by atoms with Gasteiger partial charge in [-0.3, -0.25) is 4.79 Å². The molecule has 0 spiro atoms. The average Bonchev–Trinajstić information content (AvgIpc) is 1.96. The summed E-state index contributed by atoms with van der Waals surface area (Å²) in [6.45, 7) is 4.62. The predicted molar refractivity (Wildman–Crippen MR) is 45.9 cm³/mol. The van der Waals surface area contributed by atoms with E-state index >= 15 is 0 Å². The zero-order chi connectivity index (χ0) is 10.5. The van der Waals surface area contributed by atoms with E-state index in [1.807, 2.05) is 0 Å². The molecule has 0 bridgehead atoms. The van der Waals surface area contributed by atoms with Crippen LogP contribution >= 0.6 is 0 Å². The molecule has 2 N–H and O–H groups in total. The highest BCUT2D eigenvalue weighted by atomic mass is 16.6. The Labute approximate surface area is 77.1 Å². The molecule has 0 fully saturated rings. The Kier molecular flexibility index (Phi) is 4.40. The maximum Gasteiger partial charge on any atom is 0.408 e. The summed E-state index contributed by atoms with van der Waals surface area (Å²) in [5, 5.41) is 10.7. The van der Waals surface area contributed by atoms with Gasteiger partial charge in [-0.15, -0.1) is 0 Å². The molecule has 0 rings (SSSR count). The highest BCUT2D eigenvalue weighted by Gasteiger charge is 2.18. The van der Waals surface area contributed by atoms with Crippen molar-refractivity contribution >= 4 is 12.4 Å². The molecule has 1 atom stereocenters. The molecule has 0 saturated carbocycles. The van der Waals surface area contributed by atoms with Crippen molar-refractivity contribution < 1.29 is 19.4 Å². The Morgan fingerprint density at radius 2 is 2.15 bits per heavy atom. The predicted octanol–water partition coefficient (Wildman–Crippen LogP) is -0.0183. The number of hydrogen-bond acceptors (Lipinski definition) is 4. The molecular formula is C8H14NO4. The molecule has 0 aliphatic rings. The van der Waals surface area contributed by atoms with Gasteiger partial charge in [-0.25, -0.2) is 4.79 Å². The van der Waals surface area contributed by atoms with Crippen molar-refractivity contribution in [2.24, 2.45) is 0 Å². The van der Waals surface area contributed by atoms with Gasteiger partial charge in [0.05, 0.1) is 6.61 Å². The van der Waals surface area contributed by atoms with E-state index in [1.54, 1.807) is 20.8 Å². The third-order valence-corrected chi connectivity index (χ3v) is 1.02. The van der Waals surface area contributed by atoms with Crippen LogP contribution in [0.5, 0.6) is 0 Å². The fourth-order valence-electron chi connectivity index (χ4n) is 0.562. The number of aliphatic hydroxyl groups excluding tert-OH is 1. The second-order valence-corrected chi connectivity index (χ2v) is 3.50. The van der Waals surface area contributed by atoms with E-state index in [4.69, 9.17) is 9.84 Å². The maximum atomic E-state index is 11.0. The van der Waals surface area contributed by atoms with E-state index in [0.29, 0.717) is 0 Å². The summed E-state index contributed by atoms with van der Waals surface area (Å²) >= 11 is 0. The number of aliphatic hydroxyl groups is 1. The van der Waals surface area contributed by atoms with Gasteiger partial charge in [0.15, 0.2) is 0 Å². The largest absolute Gasteiger partial charge is 0.444 e. The molecule has 1 amide bonds. The summed E-state index contributed by atoms with van der Waals surface area (Å²) in [6, 6.07) is -1.02. The molecule has 0 aromatic carbocycles. The normalized spacial score (nSPS) is 13.2. The molecule has 75 valence electrons. The lowest BCUT2D eigenvalue weighted by Crippen LogP contribution is -2.41. The van der Waals surface area contributed by atoms with Gasteiger partial charge >= 0.3 is 6.09 Å². The minimum atomic E-state index is -1.02. The van der Waals surface area contributed by atoms with Crippen molar-refractivity contribution in [3.8, 4) is 0 Å². The second kappa shape index (κ2) is 4.81. The Balaban J connectivity index is 3.93. The zero-order valence-corrected chi connectivity index (χ0v) is 7.96. The topological polar surface area (TPSA) is 75.6 Å². The van der Waals surface area contributed by atoms with Crippen LogP contribution in [0.4, 0.5) is 4.79 Å². The van der Waals surface area contributed by atoms with Crippen molar-refractivity contribution in [3.63, 3.8) is 0 Å². The van der Waals surface area contributed by atoms with E-state index in [2.05, 4.69) is 5.32 Å². The highest BCUT2D eigenvalue weighted by molar-refractivity contribution is 5.73. The Hall–Kier alpha value is -1.10. The number of nitrogens with one attached hydrogen (secondary N) is 1. The lowest BCUT2D eigenvalue weighted by Gasteiger charge is -2.20. The number of rotatable bonds is 3. The molecule has 0 aromatic rings. The number of hydrogen-bond donors (Lipinski definition) is 2. The first-order valence-electron chi connectivity index (χ1n) is 3.87. The van der Waals surface area contributed by atoms with Crippen LogP contribution in [0.1, 0.15) is 20.8 Å². The summed E-state index contributed by atoms with van der Waals surface area (Å²) in [7, 11) is 0. The summed E-state index contributed by atoms with van der Waals surface area (Å²) in [6.07, 6.45) is 0.716. The smallest absolute Gasteiger partial charge is 0.408 e. The fourth-order valence-corrected chi connectivity index (χ4v) is 0.562. The minimum Gasteiger partial charge on any atom is -0.444 e. The number of alkyl carbamates (subject to hydrolysis) is 1. The monoisotopic (exact) mass is 188 g/mol. The van der Waals surface area contributed by atoms with Crippen molar-refractivity contribution in [2.75, 3.05) is 6.61 Å². The first-order valence-corrected chi connectivity index (χ1v) is 3.87. The third-order valence-electron chi connectivity index (χ3n) is 1.02. The van der Waals surface area contributed by atoms with Gasteiger partial charge in [-0.1, -0.05) is 0 Å². The Bertz CT molecular complexity index is 185. The fraction of sp³-hybridized carbons (Fsp3) is 0.750. The number of carbonyl (C=O) groups excluding carboxylic acids is 2. The minimum absolute atomic E-state index is 0.483. The van der Waals surface area contributed by atoms with Crippen molar-refractivity contribution in [2.45, 2.75) is 32.4 Å². The molecule has 0 aliphatic carbocycles. The van der Waals surface area contributed by atoms with E-state index in [1.165, 1.54) is 6.29 Å². The third kappa shape index (κ3) is 6.10. The van der Waals surface area contributed by atoms with Gasteiger partial charge in [-0.2, -0.15) is 0 Å². The number of ether oxygens (including phenoxy) is 1. The van der Waals surface area contributed by atoms with E-state index < -0.39 is 24.3 Å². The van der Waals surface area contributed by atoms with Gasteiger partial charge in [0.2, 0.25) is 6.29 Å². The van der Waals surface area contributed by atoms with Crippen LogP contribution in [-0.2, 0) is 9.53 Å². The van der Waals surface area contributed by atoms with Gasteiger partial charge < -0.3 is 15.2 Å². The average molecular weight is 188 g/mol. The molecule has 0 heterocycles. The maximum absolute atomic E-state index is 11.0. The second-order valence-electron chi connectivity index (χ2n) is 3.50. The van der Waals surface area contributed by atoms with Crippen LogP contribution in [-0.4, -0.2) is 35.7 Å². The molecule has 13 heavy (non-hydrogen) atoms. The lowest BCUT2D eigenvalue weighted by molar-refractivity contribution is 0.0502. The SMILES string of the molecule is CC(C)(C)OC(=O)N[C@H]([C]=O)CO. The number of carbonyl (C=O) groups is 1. The number of amides is 1. The lowest BCUT2D eigenvalue weighted by atomic mass is 10.2. The zero-order valence-electron chi connectivity index (χ0n) is 7.96. The molecular weight excluding hydrogens is 174 g/mol. The first kappa shape index (κ1) is 11.9. The van der Waals surface area contributed by atoms with Gasteiger partial charge in [-0.05, 0) is 20.8 Å². The molecule has 0 aliphatic heterocycles. The van der Waals surface area contributed by atoms with Crippen LogP contribution in [0, 0.1) is 0 Å². The van der Waals surface area contributed by atoms with Crippen LogP contribution in [0.15, 0.2) is 0 Å². The molecule has 1 radical (unpaired) electrons. The van der Waals surface area contributed by atoms with Gasteiger partial charge in [0.1, 0.15) is 11.6 Å².